The highest BCUT2D eigenvalue weighted by atomic mass is 16.2. The number of nitrogens with one attached hydrogen (secondary N) is 1. The summed E-state index contributed by atoms with van der Waals surface area (Å²) in [4.78, 5) is 34.1. The second kappa shape index (κ2) is 6.32. The fourth-order valence-electron chi connectivity index (χ4n) is 3.38. The maximum Gasteiger partial charge on any atom is 0.266 e. The van der Waals surface area contributed by atoms with E-state index in [4.69, 9.17) is 0 Å². The Hall–Kier alpha value is -3.99. The third-order valence-electron chi connectivity index (χ3n) is 4.79. The van der Waals surface area contributed by atoms with E-state index in [1.54, 1.807) is 36.4 Å². The van der Waals surface area contributed by atoms with Gasteiger partial charge in [0.2, 0.25) is 0 Å². The maximum absolute atomic E-state index is 12.6. The Kier molecular flexibility index (Phi) is 3.66. The topological polar surface area (TPSA) is 66.1 Å². The molecule has 5 heteroatoms. The summed E-state index contributed by atoms with van der Waals surface area (Å²) in [7, 11) is 0. The molecule has 2 heterocycles. The number of nitrogens with zero attached hydrogens (tertiary/aromatic N) is 2. The van der Waals surface area contributed by atoms with Crippen LogP contribution < -0.4 is 4.90 Å². The molecule has 1 N–H and O–H groups in total. The molecule has 0 bridgehead atoms. The number of anilines is 1. The summed E-state index contributed by atoms with van der Waals surface area (Å²) in [5.41, 5.74) is 4.31. The van der Waals surface area contributed by atoms with Crippen molar-refractivity contribution in [2.45, 2.75) is 0 Å². The molecule has 134 valence electrons. The van der Waals surface area contributed by atoms with E-state index in [-0.39, 0.29) is 11.8 Å². The molecule has 28 heavy (non-hydrogen) atoms. The van der Waals surface area contributed by atoms with Gasteiger partial charge in [-0.05, 0) is 48.0 Å². The number of para-hydroxylation sites is 2. The fraction of sp³-hybridized carbons (Fsp3) is 0. The van der Waals surface area contributed by atoms with Crippen molar-refractivity contribution in [2.75, 3.05) is 4.90 Å². The van der Waals surface area contributed by atoms with Gasteiger partial charge < -0.3 is 4.98 Å². The van der Waals surface area contributed by atoms with Crippen molar-refractivity contribution in [1.82, 2.24) is 9.97 Å². The van der Waals surface area contributed by atoms with Crippen molar-refractivity contribution >= 4 is 40.7 Å². The molecule has 0 fully saturated rings. The number of rotatable bonds is 3. The van der Waals surface area contributed by atoms with Crippen LogP contribution in [0.3, 0.4) is 0 Å². The molecule has 0 saturated carbocycles. The van der Waals surface area contributed by atoms with Crippen molar-refractivity contribution in [1.29, 1.82) is 0 Å². The first-order valence-corrected chi connectivity index (χ1v) is 8.91. The number of carbonyl (C=O) groups excluding carboxylic acids is 2. The lowest BCUT2D eigenvalue weighted by molar-refractivity contribution is 0.0926. The van der Waals surface area contributed by atoms with Gasteiger partial charge in [0.05, 0.1) is 27.8 Å². The van der Waals surface area contributed by atoms with Crippen LogP contribution in [0.5, 0.6) is 0 Å². The van der Waals surface area contributed by atoms with Crippen molar-refractivity contribution in [3.05, 3.63) is 95.3 Å². The summed E-state index contributed by atoms with van der Waals surface area (Å²) < 4.78 is 0. The summed E-state index contributed by atoms with van der Waals surface area (Å²) in [5, 5.41) is 0. The molecule has 0 saturated heterocycles. The molecule has 0 unspecified atom stereocenters. The van der Waals surface area contributed by atoms with Crippen molar-refractivity contribution < 1.29 is 9.59 Å². The first kappa shape index (κ1) is 16.2. The molecule has 1 aliphatic heterocycles. The van der Waals surface area contributed by atoms with Crippen LogP contribution in [0, 0.1) is 0 Å². The molecule has 0 aliphatic carbocycles. The molecule has 1 aliphatic rings. The third kappa shape index (κ3) is 2.61. The van der Waals surface area contributed by atoms with Crippen LogP contribution in [0.15, 0.2) is 72.8 Å². The van der Waals surface area contributed by atoms with Gasteiger partial charge in [0.1, 0.15) is 5.82 Å². The van der Waals surface area contributed by atoms with Gasteiger partial charge >= 0.3 is 0 Å². The number of aromatic amines is 1. The first-order valence-electron chi connectivity index (χ1n) is 8.91. The van der Waals surface area contributed by atoms with Crippen molar-refractivity contribution in [2.24, 2.45) is 0 Å². The van der Waals surface area contributed by atoms with Crippen molar-refractivity contribution in [3.8, 4) is 0 Å². The average molecular weight is 365 g/mol. The highest BCUT2D eigenvalue weighted by Gasteiger charge is 2.36. The number of aromatic nitrogens is 2. The molecule has 4 aromatic rings. The van der Waals surface area contributed by atoms with E-state index < -0.39 is 0 Å². The summed E-state index contributed by atoms with van der Waals surface area (Å²) in [6, 6.07) is 22.0. The molecule has 5 nitrogen and oxygen atoms in total. The van der Waals surface area contributed by atoms with Gasteiger partial charge in [-0.1, -0.05) is 42.5 Å². The Balaban J connectivity index is 1.39. The Morgan fingerprint density at radius 1 is 0.750 bits per heavy atom. The minimum absolute atomic E-state index is 0.286. The lowest BCUT2D eigenvalue weighted by atomic mass is 10.1. The van der Waals surface area contributed by atoms with Crippen LogP contribution in [0.2, 0.25) is 0 Å². The van der Waals surface area contributed by atoms with E-state index in [0.29, 0.717) is 16.8 Å². The Morgan fingerprint density at radius 2 is 1.39 bits per heavy atom. The van der Waals surface area contributed by atoms with Gasteiger partial charge in [0.15, 0.2) is 0 Å². The molecule has 2 amide bonds. The maximum atomic E-state index is 12.6. The molecule has 0 spiro atoms. The zero-order valence-corrected chi connectivity index (χ0v) is 14.8. The lowest BCUT2D eigenvalue weighted by Crippen LogP contribution is -2.29. The largest absolute Gasteiger partial charge is 0.338 e. The van der Waals surface area contributed by atoms with E-state index in [9.17, 15) is 9.59 Å². The lowest BCUT2D eigenvalue weighted by Gasteiger charge is -2.13. The van der Waals surface area contributed by atoms with Crippen LogP contribution in [0.25, 0.3) is 23.2 Å². The molecule has 0 atom stereocenters. The monoisotopic (exact) mass is 365 g/mol. The van der Waals surface area contributed by atoms with Gasteiger partial charge in [-0.25, -0.2) is 9.88 Å². The number of H-pyrrole nitrogens is 1. The van der Waals surface area contributed by atoms with E-state index in [2.05, 4.69) is 9.97 Å². The molecule has 5 rings (SSSR count). The number of hydrogen-bond acceptors (Lipinski definition) is 3. The second-order valence-corrected chi connectivity index (χ2v) is 6.56. The quantitative estimate of drug-likeness (QED) is 0.542. The van der Waals surface area contributed by atoms with Crippen LogP contribution in [0.1, 0.15) is 32.1 Å². The number of imide groups is 1. The average Bonchev–Trinajstić information content (AvgIpc) is 3.26. The number of imidazole rings is 1. The standard InChI is InChI=1S/C23H15N3O2/c27-22-17-5-1-2-6-18(17)23(28)26(22)16-12-9-15(10-13-16)11-14-21-24-19-7-3-4-8-20(19)25-21/h1-14H,(H,24,25). The fourth-order valence-corrected chi connectivity index (χ4v) is 3.38. The van der Waals surface area contributed by atoms with E-state index in [1.807, 2.05) is 48.6 Å². The minimum atomic E-state index is -0.286. The Morgan fingerprint density at radius 3 is 2.07 bits per heavy atom. The van der Waals surface area contributed by atoms with Gasteiger partial charge in [-0.2, -0.15) is 0 Å². The van der Waals surface area contributed by atoms with Gasteiger partial charge in [-0.3, -0.25) is 9.59 Å². The SMILES string of the molecule is O=C1c2ccccc2C(=O)N1c1ccc(C=Cc2nc3ccccc3[nH]2)cc1. The van der Waals surface area contributed by atoms with Crippen LogP contribution >= 0.6 is 0 Å². The first-order chi connectivity index (χ1) is 13.7. The Labute approximate surface area is 161 Å². The van der Waals surface area contributed by atoms with Gasteiger partial charge in [0.25, 0.3) is 11.8 Å². The zero-order chi connectivity index (χ0) is 19.1. The summed E-state index contributed by atoms with van der Waals surface area (Å²) >= 11 is 0. The molecule has 1 aromatic heterocycles. The number of carbonyl (C=O) groups is 2. The van der Waals surface area contributed by atoms with E-state index in [0.717, 1.165) is 22.4 Å². The van der Waals surface area contributed by atoms with Crippen molar-refractivity contribution in [3.63, 3.8) is 0 Å². The van der Waals surface area contributed by atoms with E-state index in [1.165, 1.54) is 4.90 Å². The predicted molar refractivity (Wildman–Crippen MR) is 109 cm³/mol. The zero-order valence-electron chi connectivity index (χ0n) is 14.8. The van der Waals surface area contributed by atoms with Crippen LogP contribution in [-0.2, 0) is 0 Å². The highest BCUT2D eigenvalue weighted by molar-refractivity contribution is 6.34. The number of fused-ring (bicyclic) bond motifs is 2. The number of amides is 2. The van der Waals surface area contributed by atoms with Gasteiger partial charge in [0, 0.05) is 0 Å². The Bertz CT molecular complexity index is 1180. The van der Waals surface area contributed by atoms with Gasteiger partial charge in [-0.15, -0.1) is 0 Å². The second-order valence-electron chi connectivity index (χ2n) is 6.56. The predicted octanol–water partition coefficient (Wildman–Crippen LogP) is 4.53. The van der Waals surface area contributed by atoms with Crippen LogP contribution in [0.4, 0.5) is 5.69 Å². The smallest absolute Gasteiger partial charge is 0.266 e. The number of benzene rings is 3. The molecule has 3 aromatic carbocycles. The van der Waals surface area contributed by atoms with Crippen LogP contribution in [-0.4, -0.2) is 21.8 Å². The summed E-state index contributed by atoms with van der Waals surface area (Å²) in [5.74, 6) is 0.197. The molecule has 0 radical (unpaired) electrons. The number of hydrogen-bond donors (Lipinski definition) is 1. The molecular weight excluding hydrogens is 350 g/mol. The third-order valence-corrected chi connectivity index (χ3v) is 4.79. The van der Waals surface area contributed by atoms with E-state index >= 15 is 0 Å². The summed E-state index contributed by atoms with van der Waals surface area (Å²) in [6.07, 6.45) is 3.83. The molecular formula is C23H15N3O2. The highest BCUT2D eigenvalue weighted by Crippen LogP contribution is 2.28. The summed E-state index contributed by atoms with van der Waals surface area (Å²) in [6.45, 7) is 0. The minimum Gasteiger partial charge on any atom is -0.338 e. The normalized spacial score (nSPS) is 13.6.